The summed E-state index contributed by atoms with van der Waals surface area (Å²) in [5.74, 6) is 0. The molecule has 1 atom stereocenters. The van der Waals surface area contributed by atoms with E-state index in [4.69, 9.17) is 16.3 Å². The van der Waals surface area contributed by atoms with E-state index >= 15 is 0 Å². The number of rotatable bonds is 2. The SMILES string of the molecule is CC1CN(c2ccc(CBr)cc2Cl)CC(C)(C)O1. The molecule has 1 aromatic rings. The monoisotopic (exact) mass is 331 g/mol. The number of benzene rings is 1. The first-order valence-electron chi connectivity index (χ1n) is 6.18. The Hall–Kier alpha value is -0.250. The van der Waals surface area contributed by atoms with Crippen LogP contribution in [-0.4, -0.2) is 24.8 Å². The Labute approximate surface area is 122 Å². The summed E-state index contributed by atoms with van der Waals surface area (Å²) in [7, 11) is 0. The predicted molar refractivity (Wildman–Crippen MR) is 80.9 cm³/mol. The summed E-state index contributed by atoms with van der Waals surface area (Å²) < 4.78 is 5.92. The third-order valence-corrected chi connectivity index (χ3v) is 4.03. The van der Waals surface area contributed by atoms with E-state index in [0.717, 1.165) is 29.1 Å². The molecular formula is C14H19BrClNO. The molecule has 100 valence electrons. The Morgan fingerprint density at radius 1 is 1.50 bits per heavy atom. The zero-order chi connectivity index (χ0) is 13.3. The quantitative estimate of drug-likeness (QED) is 0.751. The van der Waals surface area contributed by atoms with Gasteiger partial charge in [-0.1, -0.05) is 33.6 Å². The maximum atomic E-state index is 6.38. The van der Waals surface area contributed by atoms with Crippen molar-refractivity contribution in [3.63, 3.8) is 0 Å². The van der Waals surface area contributed by atoms with Gasteiger partial charge in [-0.15, -0.1) is 0 Å². The van der Waals surface area contributed by atoms with Gasteiger partial charge in [0.2, 0.25) is 0 Å². The fourth-order valence-corrected chi connectivity index (χ4v) is 3.20. The van der Waals surface area contributed by atoms with E-state index in [2.05, 4.69) is 53.7 Å². The van der Waals surface area contributed by atoms with Gasteiger partial charge in [0, 0.05) is 18.4 Å². The maximum absolute atomic E-state index is 6.38. The topological polar surface area (TPSA) is 12.5 Å². The summed E-state index contributed by atoms with van der Waals surface area (Å²) in [5.41, 5.74) is 2.17. The van der Waals surface area contributed by atoms with Gasteiger partial charge in [0.05, 0.1) is 22.4 Å². The lowest BCUT2D eigenvalue weighted by atomic mass is 10.0. The summed E-state index contributed by atoms with van der Waals surface area (Å²) in [4.78, 5) is 2.31. The van der Waals surface area contributed by atoms with Crippen molar-refractivity contribution < 1.29 is 4.74 Å². The molecule has 0 aromatic heterocycles. The second-order valence-corrected chi connectivity index (χ2v) is 6.46. The number of hydrogen-bond acceptors (Lipinski definition) is 2. The molecule has 1 heterocycles. The Balaban J connectivity index is 2.25. The lowest BCUT2D eigenvalue weighted by Crippen LogP contribution is -2.52. The number of anilines is 1. The van der Waals surface area contributed by atoms with Gasteiger partial charge in [-0.25, -0.2) is 0 Å². The van der Waals surface area contributed by atoms with Gasteiger partial charge in [0.15, 0.2) is 0 Å². The third kappa shape index (κ3) is 3.19. The van der Waals surface area contributed by atoms with Crippen molar-refractivity contribution in [1.29, 1.82) is 0 Å². The average Bonchev–Trinajstić information content (AvgIpc) is 2.25. The molecule has 1 fully saturated rings. The first kappa shape index (κ1) is 14.2. The maximum Gasteiger partial charge on any atom is 0.0805 e. The van der Waals surface area contributed by atoms with E-state index in [9.17, 15) is 0 Å². The van der Waals surface area contributed by atoms with E-state index in [1.807, 2.05) is 6.07 Å². The Morgan fingerprint density at radius 2 is 2.22 bits per heavy atom. The summed E-state index contributed by atoms with van der Waals surface area (Å²) in [6.07, 6.45) is 0.223. The van der Waals surface area contributed by atoms with Crippen molar-refractivity contribution >= 4 is 33.2 Å². The average molecular weight is 333 g/mol. The van der Waals surface area contributed by atoms with Crippen LogP contribution in [0.2, 0.25) is 5.02 Å². The first-order valence-corrected chi connectivity index (χ1v) is 7.68. The van der Waals surface area contributed by atoms with Gasteiger partial charge < -0.3 is 9.64 Å². The molecule has 0 bridgehead atoms. The van der Waals surface area contributed by atoms with Crippen LogP contribution < -0.4 is 4.90 Å². The standard InChI is InChI=1S/C14H19BrClNO/c1-10-8-17(9-14(2,3)18-10)13-5-4-11(7-15)6-12(13)16/h4-6,10H,7-9H2,1-3H3. The number of hydrogen-bond donors (Lipinski definition) is 0. The van der Waals surface area contributed by atoms with Gasteiger partial charge in [0.1, 0.15) is 0 Å². The highest BCUT2D eigenvalue weighted by Gasteiger charge is 2.32. The Morgan fingerprint density at radius 3 is 2.78 bits per heavy atom. The molecular weight excluding hydrogens is 314 g/mol. The summed E-state index contributed by atoms with van der Waals surface area (Å²) in [6.45, 7) is 8.10. The van der Waals surface area contributed by atoms with Crippen LogP contribution in [0.3, 0.4) is 0 Å². The number of morpholine rings is 1. The van der Waals surface area contributed by atoms with Crippen molar-refractivity contribution in [2.24, 2.45) is 0 Å². The molecule has 1 aromatic carbocycles. The number of nitrogens with zero attached hydrogens (tertiary/aromatic N) is 1. The van der Waals surface area contributed by atoms with E-state index in [-0.39, 0.29) is 11.7 Å². The lowest BCUT2D eigenvalue weighted by molar-refractivity contribution is -0.0749. The van der Waals surface area contributed by atoms with Gasteiger partial charge in [-0.05, 0) is 38.5 Å². The first-order chi connectivity index (χ1) is 8.41. The van der Waals surface area contributed by atoms with Crippen LogP contribution in [0.15, 0.2) is 18.2 Å². The smallest absolute Gasteiger partial charge is 0.0805 e. The van der Waals surface area contributed by atoms with E-state index in [0.29, 0.717) is 0 Å². The minimum Gasteiger partial charge on any atom is -0.369 e. The highest BCUT2D eigenvalue weighted by molar-refractivity contribution is 9.08. The molecule has 4 heteroatoms. The lowest BCUT2D eigenvalue weighted by Gasteiger charge is -2.43. The van der Waals surface area contributed by atoms with Crippen molar-refractivity contribution in [2.75, 3.05) is 18.0 Å². The zero-order valence-corrected chi connectivity index (χ0v) is 13.4. The van der Waals surface area contributed by atoms with Gasteiger partial charge in [-0.3, -0.25) is 0 Å². The van der Waals surface area contributed by atoms with Crippen molar-refractivity contribution in [3.05, 3.63) is 28.8 Å². The fourth-order valence-electron chi connectivity index (χ4n) is 2.53. The van der Waals surface area contributed by atoms with Crippen LogP contribution in [0.4, 0.5) is 5.69 Å². The molecule has 0 radical (unpaired) electrons. The Bertz CT molecular complexity index is 436. The minimum atomic E-state index is -0.130. The molecule has 1 saturated heterocycles. The highest BCUT2D eigenvalue weighted by atomic mass is 79.9. The van der Waals surface area contributed by atoms with Crippen LogP contribution >= 0.6 is 27.5 Å². The van der Waals surface area contributed by atoms with Gasteiger partial charge in [0.25, 0.3) is 0 Å². The predicted octanol–water partition coefficient (Wildman–Crippen LogP) is 4.24. The molecule has 0 aliphatic carbocycles. The van der Waals surface area contributed by atoms with Gasteiger partial charge in [-0.2, -0.15) is 0 Å². The molecule has 0 N–H and O–H groups in total. The second kappa shape index (κ2) is 5.40. The highest BCUT2D eigenvalue weighted by Crippen LogP contribution is 2.32. The summed E-state index contributed by atoms with van der Waals surface area (Å²) in [5, 5.41) is 1.65. The van der Waals surface area contributed by atoms with Gasteiger partial charge >= 0.3 is 0 Å². The van der Waals surface area contributed by atoms with Crippen molar-refractivity contribution in [2.45, 2.75) is 37.8 Å². The third-order valence-electron chi connectivity index (χ3n) is 3.08. The largest absolute Gasteiger partial charge is 0.369 e. The van der Waals surface area contributed by atoms with Crippen molar-refractivity contribution in [1.82, 2.24) is 0 Å². The number of ether oxygens (including phenoxy) is 1. The molecule has 0 saturated carbocycles. The van der Waals surface area contributed by atoms with Crippen LogP contribution in [0.25, 0.3) is 0 Å². The molecule has 18 heavy (non-hydrogen) atoms. The number of alkyl halides is 1. The second-order valence-electron chi connectivity index (χ2n) is 5.49. The molecule has 1 unspecified atom stereocenters. The molecule has 2 rings (SSSR count). The molecule has 1 aliphatic rings. The van der Waals surface area contributed by atoms with E-state index in [1.54, 1.807) is 0 Å². The van der Waals surface area contributed by atoms with Crippen LogP contribution in [0.1, 0.15) is 26.3 Å². The van der Waals surface area contributed by atoms with Crippen molar-refractivity contribution in [3.8, 4) is 0 Å². The fraction of sp³-hybridized carbons (Fsp3) is 0.571. The number of halogens is 2. The normalized spacial score (nSPS) is 23.2. The molecule has 0 spiro atoms. The zero-order valence-electron chi connectivity index (χ0n) is 11.0. The minimum absolute atomic E-state index is 0.130. The van der Waals surface area contributed by atoms with Crippen LogP contribution in [0.5, 0.6) is 0 Å². The molecule has 2 nitrogen and oxygen atoms in total. The van der Waals surface area contributed by atoms with Crippen LogP contribution in [-0.2, 0) is 10.1 Å². The molecule has 1 aliphatic heterocycles. The Kier molecular flexibility index (Phi) is 4.25. The summed E-state index contributed by atoms with van der Waals surface area (Å²) >= 11 is 9.83. The molecule has 0 amide bonds. The van der Waals surface area contributed by atoms with Crippen LogP contribution in [0, 0.1) is 0 Å². The summed E-state index contributed by atoms with van der Waals surface area (Å²) in [6, 6.07) is 6.24. The van der Waals surface area contributed by atoms with E-state index < -0.39 is 0 Å². The van der Waals surface area contributed by atoms with E-state index in [1.165, 1.54) is 5.56 Å².